The van der Waals surface area contributed by atoms with Crippen LogP contribution in [0.5, 0.6) is 0 Å². The molecule has 1 fully saturated rings. The highest BCUT2D eigenvalue weighted by molar-refractivity contribution is 5.95. The number of carbonyl (C=O) groups is 1. The molecule has 0 saturated carbocycles. The molecule has 1 saturated heterocycles. The van der Waals surface area contributed by atoms with Crippen molar-refractivity contribution in [1.29, 1.82) is 0 Å². The van der Waals surface area contributed by atoms with Gasteiger partial charge in [0.25, 0.3) is 0 Å². The molecule has 2 rings (SSSR count). The molecular weight excluding hydrogens is 244 g/mol. The van der Waals surface area contributed by atoms with Crippen LogP contribution in [0, 0.1) is 5.92 Å². The molecule has 1 atom stereocenters. The first kappa shape index (κ1) is 13.7. The van der Waals surface area contributed by atoms with Gasteiger partial charge in [-0.2, -0.15) is 0 Å². The molecule has 4 N–H and O–H groups in total. The van der Waals surface area contributed by atoms with Crippen LogP contribution in [0.4, 0.5) is 11.4 Å². The number of nitrogen functional groups attached to an aromatic ring is 1. The number of nitrogens with two attached hydrogens (primary N) is 1. The largest absolute Gasteiger partial charge is 0.478 e. The van der Waals surface area contributed by atoms with E-state index in [2.05, 4.69) is 0 Å². The van der Waals surface area contributed by atoms with Crippen molar-refractivity contribution >= 4 is 17.3 Å². The average Bonchev–Trinajstić information content (AvgIpc) is 2.38. The molecule has 1 heterocycles. The third-order valence-electron chi connectivity index (χ3n) is 3.81. The molecule has 1 unspecified atom stereocenters. The Balaban J connectivity index is 2.19. The Morgan fingerprint density at radius 1 is 1.42 bits per heavy atom. The lowest BCUT2D eigenvalue weighted by atomic mass is 9.91. The van der Waals surface area contributed by atoms with Gasteiger partial charge in [-0.05, 0) is 43.9 Å². The quantitative estimate of drug-likeness (QED) is 0.721. The van der Waals surface area contributed by atoms with Gasteiger partial charge < -0.3 is 20.8 Å². The average molecular weight is 264 g/mol. The Labute approximate surface area is 112 Å². The number of carboxylic acids is 1. The number of aromatic carboxylic acids is 1. The second-order valence-electron chi connectivity index (χ2n) is 5.15. The Bertz CT molecular complexity index is 466. The minimum Gasteiger partial charge on any atom is -0.478 e. The Morgan fingerprint density at radius 3 is 2.58 bits per heavy atom. The van der Waals surface area contributed by atoms with Crippen LogP contribution in [0.2, 0.25) is 0 Å². The van der Waals surface area contributed by atoms with E-state index in [0.717, 1.165) is 25.9 Å². The lowest BCUT2D eigenvalue weighted by Crippen LogP contribution is -2.37. The van der Waals surface area contributed by atoms with Crippen LogP contribution < -0.4 is 10.6 Å². The van der Waals surface area contributed by atoms with E-state index >= 15 is 0 Å². The smallest absolute Gasteiger partial charge is 0.337 e. The number of rotatable bonds is 3. The van der Waals surface area contributed by atoms with Crippen LogP contribution in [0.25, 0.3) is 0 Å². The number of anilines is 2. The predicted octanol–water partition coefficient (Wildman–Crippen LogP) is 1.56. The van der Waals surface area contributed by atoms with Gasteiger partial charge in [-0.15, -0.1) is 0 Å². The van der Waals surface area contributed by atoms with E-state index < -0.39 is 5.97 Å². The van der Waals surface area contributed by atoms with E-state index in [9.17, 15) is 15.0 Å². The van der Waals surface area contributed by atoms with Gasteiger partial charge in [0.05, 0.1) is 17.4 Å². The lowest BCUT2D eigenvalue weighted by molar-refractivity contribution is 0.0696. The van der Waals surface area contributed by atoms with E-state index in [1.54, 1.807) is 18.2 Å². The number of nitrogens with zero attached hydrogens (tertiary/aromatic N) is 1. The van der Waals surface area contributed by atoms with Crippen LogP contribution in [-0.4, -0.2) is 35.4 Å². The molecule has 104 valence electrons. The summed E-state index contributed by atoms with van der Waals surface area (Å²) in [4.78, 5) is 13.3. The van der Waals surface area contributed by atoms with E-state index in [1.165, 1.54) is 0 Å². The summed E-state index contributed by atoms with van der Waals surface area (Å²) < 4.78 is 0. The molecule has 5 nitrogen and oxygen atoms in total. The standard InChI is InChI=1S/C14H20N2O3/c1-9(17)10-4-6-16(7-5-10)13-8-11(15)2-3-12(13)14(18)19/h2-3,8-10,17H,4-7,15H2,1H3,(H,18,19). The van der Waals surface area contributed by atoms with Crippen LogP contribution in [-0.2, 0) is 0 Å². The van der Waals surface area contributed by atoms with Crippen molar-refractivity contribution in [3.8, 4) is 0 Å². The van der Waals surface area contributed by atoms with Crippen molar-refractivity contribution < 1.29 is 15.0 Å². The number of piperidine rings is 1. The summed E-state index contributed by atoms with van der Waals surface area (Å²) in [5.74, 6) is -0.641. The monoisotopic (exact) mass is 264 g/mol. The highest BCUT2D eigenvalue weighted by atomic mass is 16.4. The first-order valence-corrected chi connectivity index (χ1v) is 6.55. The van der Waals surface area contributed by atoms with Crippen LogP contribution in [0.1, 0.15) is 30.1 Å². The molecule has 19 heavy (non-hydrogen) atoms. The van der Waals surface area contributed by atoms with Gasteiger partial charge in [0.2, 0.25) is 0 Å². The zero-order valence-corrected chi connectivity index (χ0v) is 11.0. The third-order valence-corrected chi connectivity index (χ3v) is 3.81. The Kier molecular flexibility index (Phi) is 3.95. The SMILES string of the molecule is CC(O)C1CCN(c2cc(N)ccc2C(=O)O)CC1. The second-order valence-corrected chi connectivity index (χ2v) is 5.15. The summed E-state index contributed by atoms with van der Waals surface area (Å²) >= 11 is 0. The minimum atomic E-state index is -0.937. The zero-order chi connectivity index (χ0) is 14.0. The van der Waals surface area contributed by atoms with Gasteiger partial charge >= 0.3 is 5.97 Å². The summed E-state index contributed by atoms with van der Waals surface area (Å²) in [5, 5.41) is 18.8. The van der Waals surface area contributed by atoms with E-state index in [4.69, 9.17) is 5.73 Å². The fourth-order valence-corrected chi connectivity index (χ4v) is 2.61. The lowest BCUT2D eigenvalue weighted by Gasteiger charge is -2.35. The molecule has 0 bridgehead atoms. The summed E-state index contributed by atoms with van der Waals surface area (Å²) in [7, 11) is 0. The van der Waals surface area contributed by atoms with Gasteiger partial charge in [-0.1, -0.05) is 0 Å². The molecular formula is C14H20N2O3. The van der Waals surface area contributed by atoms with Crippen molar-refractivity contribution in [2.45, 2.75) is 25.9 Å². The van der Waals surface area contributed by atoms with E-state index in [-0.39, 0.29) is 11.7 Å². The maximum atomic E-state index is 11.2. The minimum absolute atomic E-state index is 0.282. The highest BCUT2D eigenvalue weighted by Crippen LogP contribution is 2.29. The molecule has 0 spiro atoms. The first-order valence-electron chi connectivity index (χ1n) is 6.55. The van der Waals surface area contributed by atoms with Crippen LogP contribution >= 0.6 is 0 Å². The predicted molar refractivity (Wildman–Crippen MR) is 74.4 cm³/mol. The van der Waals surface area contributed by atoms with Gasteiger partial charge in [0.1, 0.15) is 0 Å². The first-order chi connectivity index (χ1) is 8.99. The summed E-state index contributed by atoms with van der Waals surface area (Å²) in [5.41, 5.74) is 7.28. The summed E-state index contributed by atoms with van der Waals surface area (Å²) in [6.07, 6.45) is 1.43. The zero-order valence-electron chi connectivity index (χ0n) is 11.0. The maximum Gasteiger partial charge on any atom is 0.337 e. The van der Waals surface area contributed by atoms with Crippen molar-refractivity contribution in [2.24, 2.45) is 5.92 Å². The number of hydrogen-bond acceptors (Lipinski definition) is 4. The van der Waals surface area contributed by atoms with Gasteiger partial charge in [-0.3, -0.25) is 0 Å². The van der Waals surface area contributed by atoms with Gasteiger partial charge in [0.15, 0.2) is 0 Å². The van der Waals surface area contributed by atoms with Gasteiger partial charge in [-0.25, -0.2) is 4.79 Å². The van der Waals surface area contributed by atoms with Crippen LogP contribution in [0.15, 0.2) is 18.2 Å². The van der Waals surface area contributed by atoms with Crippen molar-refractivity contribution in [3.63, 3.8) is 0 Å². The molecule has 5 heteroatoms. The summed E-state index contributed by atoms with van der Waals surface area (Å²) in [6.45, 7) is 3.31. The normalized spacial score (nSPS) is 18.3. The number of benzene rings is 1. The Hall–Kier alpha value is -1.75. The van der Waals surface area contributed by atoms with E-state index in [1.807, 2.05) is 11.8 Å². The molecule has 1 aliphatic rings. The fourth-order valence-electron chi connectivity index (χ4n) is 2.61. The highest BCUT2D eigenvalue weighted by Gasteiger charge is 2.25. The van der Waals surface area contributed by atoms with Crippen molar-refractivity contribution in [2.75, 3.05) is 23.7 Å². The molecule has 0 amide bonds. The van der Waals surface area contributed by atoms with Crippen molar-refractivity contribution in [1.82, 2.24) is 0 Å². The number of hydrogen-bond donors (Lipinski definition) is 3. The number of aliphatic hydroxyl groups is 1. The third kappa shape index (κ3) is 2.98. The number of carboxylic acid groups (broad SMARTS) is 1. The molecule has 1 aromatic rings. The van der Waals surface area contributed by atoms with Gasteiger partial charge in [0, 0.05) is 18.8 Å². The van der Waals surface area contributed by atoms with Crippen molar-refractivity contribution in [3.05, 3.63) is 23.8 Å². The molecule has 1 aromatic carbocycles. The second kappa shape index (κ2) is 5.48. The summed E-state index contributed by atoms with van der Waals surface area (Å²) in [6, 6.07) is 4.87. The topological polar surface area (TPSA) is 86.8 Å². The maximum absolute atomic E-state index is 11.2. The molecule has 0 aliphatic carbocycles. The van der Waals surface area contributed by atoms with Crippen LogP contribution in [0.3, 0.4) is 0 Å². The number of aliphatic hydroxyl groups excluding tert-OH is 1. The van der Waals surface area contributed by atoms with E-state index in [0.29, 0.717) is 17.3 Å². The molecule has 0 aromatic heterocycles. The molecule has 1 aliphatic heterocycles. The fraction of sp³-hybridized carbons (Fsp3) is 0.500. The Morgan fingerprint density at radius 2 is 2.05 bits per heavy atom. The molecule has 0 radical (unpaired) electrons.